The number of benzene rings is 1. The van der Waals surface area contributed by atoms with E-state index in [9.17, 15) is 14.4 Å². The van der Waals surface area contributed by atoms with Crippen molar-refractivity contribution in [1.29, 1.82) is 5.26 Å². The van der Waals surface area contributed by atoms with E-state index >= 15 is 0 Å². The summed E-state index contributed by atoms with van der Waals surface area (Å²) in [5.74, 6) is -0.245. The van der Waals surface area contributed by atoms with Crippen LogP contribution in [0.3, 0.4) is 0 Å². The number of para-hydroxylation sites is 1. The van der Waals surface area contributed by atoms with E-state index in [4.69, 9.17) is 10.5 Å². The average Bonchev–Trinajstić information content (AvgIpc) is 2.79. The monoisotopic (exact) mass is 421 g/mol. The fraction of sp³-hybridized carbons (Fsp3) is 0.286. The number of morpholine rings is 1. The lowest BCUT2D eigenvalue weighted by Gasteiger charge is -2.27. The highest BCUT2D eigenvalue weighted by atomic mass is 19.1. The van der Waals surface area contributed by atoms with Crippen molar-refractivity contribution in [3.8, 4) is 6.07 Å². The van der Waals surface area contributed by atoms with E-state index in [1.807, 2.05) is 6.07 Å². The van der Waals surface area contributed by atoms with E-state index in [1.54, 1.807) is 23.1 Å². The van der Waals surface area contributed by atoms with Gasteiger partial charge in [0.1, 0.15) is 40.9 Å². The van der Waals surface area contributed by atoms with Crippen LogP contribution in [0.4, 0.5) is 16.0 Å². The normalized spacial score (nSPS) is 13.7. The number of nitriles is 1. The first kappa shape index (κ1) is 20.4. The van der Waals surface area contributed by atoms with Crippen LogP contribution in [-0.4, -0.2) is 58.6 Å². The third-order valence-electron chi connectivity index (χ3n) is 5.05. The van der Waals surface area contributed by atoms with Gasteiger partial charge in [-0.1, -0.05) is 12.1 Å². The predicted octanol–water partition coefficient (Wildman–Crippen LogP) is 1.74. The number of rotatable bonds is 5. The quantitative estimate of drug-likeness (QED) is 0.637. The van der Waals surface area contributed by atoms with Crippen LogP contribution in [-0.2, 0) is 11.2 Å². The minimum atomic E-state index is -0.451. The molecule has 1 aliphatic heterocycles. The summed E-state index contributed by atoms with van der Waals surface area (Å²) >= 11 is 0. The highest BCUT2D eigenvalue weighted by molar-refractivity contribution is 5.99. The van der Waals surface area contributed by atoms with Gasteiger partial charge in [0.05, 0.1) is 24.5 Å². The first-order valence-electron chi connectivity index (χ1n) is 9.78. The zero-order chi connectivity index (χ0) is 21.8. The minimum absolute atomic E-state index is 0.0779. The zero-order valence-electron chi connectivity index (χ0n) is 16.6. The molecule has 0 unspecified atom stereocenters. The van der Waals surface area contributed by atoms with Crippen LogP contribution < -0.4 is 11.1 Å². The van der Waals surface area contributed by atoms with E-state index in [0.717, 1.165) is 0 Å². The van der Waals surface area contributed by atoms with Crippen LogP contribution in [0.15, 0.2) is 30.6 Å². The maximum absolute atomic E-state index is 14.3. The van der Waals surface area contributed by atoms with Gasteiger partial charge in [-0.2, -0.15) is 5.26 Å². The van der Waals surface area contributed by atoms with Crippen molar-refractivity contribution in [2.75, 3.05) is 43.9 Å². The fourth-order valence-electron chi connectivity index (χ4n) is 3.46. The molecular formula is C21H20FN7O2. The summed E-state index contributed by atoms with van der Waals surface area (Å²) in [7, 11) is 0. The lowest BCUT2D eigenvalue weighted by Crippen LogP contribution is -2.41. The number of carbonyl (C=O) groups is 1. The summed E-state index contributed by atoms with van der Waals surface area (Å²) in [5.41, 5.74) is 6.94. The third kappa shape index (κ3) is 4.22. The summed E-state index contributed by atoms with van der Waals surface area (Å²) in [6, 6.07) is 8.30. The van der Waals surface area contributed by atoms with Crippen molar-refractivity contribution in [2.24, 2.45) is 0 Å². The van der Waals surface area contributed by atoms with Gasteiger partial charge < -0.3 is 20.7 Å². The molecule has 0 saturated carbocycles. The van der Waals surface area contributed by atoms with E-state index in [1.165, 1.54) is 12.4 Å². The standard InChI is InChI=1S/C21H20FN7O2/c22-16-3-1-2-13-10-14(21(30)29-6-8-31-9-7-29)17(28-18(13)16)4-5-25-20-15(11-23)19(24)26-12-27-20/h1-3,10,12H,4-9H2,(H3,24,25,26,27). The molecule has 1 aromatic carbocycles. The molecule has 3 heterocycles. The summed E-state index contributed by atoms with van der Waals surface area (Å²) in [4.78, 5) is 27.2. The number of carbonyl (C=O) groups excluding carboxylic acids is 1. The molecule has 2 aromatic heterocycles. The number of fused-ring (bicyclic) bond motifs is 1. The van der Waals surface area contributed by atoms with Gasteiger partial charge in [-0.3, -0.25) is 4.79 Å². The number of aromatic nitrogens is 3. The van der Waals surface area contributed by atoms with Crippen LogP contribution in [0.5, 0.6) is 0 Å². The molecule has 158 valence electrons. The second kappa shape index (κ2) is 8.89. The van der Waals surface area contributed by atoms with Gasteiger partial charge >= 0.3 is 0 Å². The molecule has 0 radical (unpaired) electrons. The molecule has 0 bridgehead atoms. The molecular weight excluding hydrogens is 401 g/mol. The lowest BCUT2D eigenvalue weighted by atomic mass is 10.0. The highest BCUT2D eigenvalue weighted by Gasteiger charge is 2.23. The predicted molar refractivity (Wildman–Crippen MR) is 112 cm³/mol. The van der Waals surface area contributed by atoms with Crippen LogP contribution >= 0.6 is 0 Å². The van der Waals surface area contributed by atoms with E-state index < -0.39 is 5.82 Å². The Labute approximate surface area is 177 Å². The van der Waals surface area contributed by atoms with Crippen molar-refractivity contribution in [1.82, 2.24) is 19.9 Å². The van der Waals surface area contributed by atoms with Crippen LogP contribution in [0.2, 0.25) is 0 Å². The Balaban J connectivity index is 1.63. The second-order valence-electron chi connectivity index (χ2n) is 6.97. The molecule has 1 saturated heterocycles. The topological polar surface area (TPSA) is 130 Å². The molecule has 10 heteroatoms. The van der Waals surface area contributed by atoms with Gasteiger partial charge in [-0.15, -0.1) is 0 Å². The number of pyridine rings is 1. The van der Waals surface area contributed by atoms with Crippen LogP contribution in [0.25, 0.3) is 10.9 Å². The molecule has 4 rings (SSSR count). The molecule has 0 aliphatic carbocycles. The van der Waals surface area contributed by atoms with Gasteiger partial charge in [0.2, 0.25) is 0 Å². The molecule has 0 spiro atoms. The molecule has 1 aliphatic rings. The van der Waals surface area contributed by atoms with Crippen molar-refractivity contribution in [3.05, 3.63) is 53.2 Å². The first-order valence-corrected chi connectivity index (χ1v) is 9.78. The summed E-state index contributed by atoms with van der Waals surface area (Å²) in [6.07, 6.45) is 1.57. The highest BCUT2D eigenvalue weighted by Crippen LogP contribution is 2.22. The Bertz CT molecular complexity index is 1170. The van der Waals surface area contributed by atoms with Crippen molar-refractivity contribution in [3.63, 3.8) is 0 Å². The van der Waals surface area contributed by atoms with Crippen molar-refractivity contribution in [2.45, 2.75) is 6.42 Å². The lowest BCUT2D eigenvalue weighted by molar-refractivity contribution is 0.0302. The summed E-state index contributed by atoms with van der Waals surface area (Å²) in [6.45, 7) is 2.24. The molecule has 3 aromatic rings. The third-order valence-corrected chi connectivity index (χ3v) is 5.05. The maximum atomic E-state index is 14.3. The number of hydrogen-bond donors (Lipinski definition) is 2. The smallest absolute Gasteiger partial charge is 0.255 e. The van der Waals surface area contributed by atoms with Crippen molar-refractivity contribution >= 4 is 28.4 Å². The number of ether oxygens (including phenoxy) is 1. The Kier molecular flexibility index (Phi) is 5.86. The largest absolute Gasteiger partial charge is 0.382 e. The van der Waals surface area contributed by atoms with Crippen LogP contribution in [0, 0.1) is 17.1 Å². The number of nitrogens with two attached hydrogens (primary N) is 1. The molecule has 1 amide bonds. The Morgan fingerprint density at radius 3 is 2.90 bits per heavy atom. The number of nitrogens with zero attached hydrogens (tertiary/aromatic N) is 5. The Hall–Kier alpha value is -3.84. The fourth-order valence-corrected chi connectivity index (χ4v) is 3.46. The van der Waals surface area contributed by atoms with Gasteiger partial charge in [0.15, 0.2) is 0 Å². The number of nitrogen functional groups attached to an aromatic ring is 1. The van der Waals surface area contributed by atoms with E-state index in [-0.39, 0.29) is 22.8 Å². The summed E-state index contributed by atoms with van der Waals surface area (Å²) < 4.78 is 19.7. The number of nitrogens with one attached hydrogen (secondary N) is 1. The van der Waals surface area contributed by atoms with Crippen molar-refractivity contribution < 1.29 is 13.9 Å². The average molecular weight is 421 g/mol. The number of halogens is 1. The zero-order valence-corrected chi connectivity index (χ0v) is 16.6. The number of amides is 1. The molecule has 31 heavy (non-hydrogen) atoms. The van der Waals surface area contributed by atoms with Gasteiger partial charge in [0.25, 0.3) is 5.91 Å². The first-order chi connectivity index (χ1) is 15.1. The van der Waals surface area contributed by atoms with E-state index in [0.29, 0.717) is 61.7 Å². The minimum Gasteiger partial charge on any atom is -0.382 e. The number of hydrogen-bond acceptors (Lipinski definition) is 8. The Morgan fingerprint density at radius 2 is 2.13 bits per heavy atom. The number of anilines is 2. The van der Waals surface area contributed by atoms with Crippen LogP contribution in [0.1, 0.15) is 21.6 Å². The SMILES string of the molecule is N#Cc1c(N)ncnc1NCCc1nc2c(F)cccc2cc1C(=O)N1CCOCC1. The maximum Gasteiger partial charge on any atom is 0.255 e. The van der Waals surface area contributed by atoms with E-state index in [2.05, 4.69) is 20.3 Å². The summed E-state index contributed by atoms with van der Waals surface area (Å²) in [5, 5.41) is 12.8. The molecule has 0 atom stereocenters. The van der Waals surface area contributed by atoms with Gasteiger partial charge in [0, 0.05) is 31.4 Å². The van der Waals surface area contributed by atoms with Gasteiger partial charge in [-0.05, 0) is 12.1 Å². The Morgan fingerprint density at radius 1 is 1.32 bits per heavy atom. The van der Waals surface area contributed by atoms with Gasteiger partial charge in [-0.25, -0.2) is 19.3 Å². The second-order valence-corrected chi connectivity index (χ2v) is 6.97. The molecule has 3 N–H and O–H groups in total. The molecule has 1 fully saturated rings. The molecule has 9 nitrogen and oxygen atoms in total.